The molecule has 1 heterocycles. The lowest BCUT2D eigenvalue weighted by molar-refractivity contribution is -0.137. The third kappa shape index (κ3) is 4.64. The molecule has 0 aliphatic carbocycles. The predicted molar refractivity (Wildman–Crippen MR) is 65.5 cm³/mol. The van der Waals surface area contributed by atoms with Crippen molar-refractivity contribution >= 4 is 23.6 Å². The summed E-state index contributed by atoms with van der Waals surface area (Å²) in [5.41, 5.74) is 0. The molecule has 0 saturated heterocycles. The van der Waals surface area contributed by atoms with Crippen molar-refractivity contribution in [3.05, 3.63) is 12.3 Å². The Hall–Kier alpha value is -2.38. The fraction of sp³-hybridized carbons (Fsp3) is 0.400. The topological polar surface area (TPSA) is 107 Å². The highest BCUT2D eigenvalue weighted by Crippen LogP contribution is 2.06. The number of carbonyl (C=O) groups excluding carboxylic acids is 1. The maximum atomic E-state index is 11.2. The second-order valence-corrected chi connectivity index (χ2v) is 3.66. The van der Waals surface area contributed by atoms with Crippen LogP contribution in [0.1, 0.15) is 0 Å². The molecule has 1 rings (SSSR count). The predicted octanol–water partition coefficient (Wildman–Crippen LogP) is -0.845. The molecule has 3 N–H and O–H groups in total. The van der Waals surface area contributed by atoms with E-state index in [1.165, 1.54) is 0 Å². The zero-order chi connectivity index (χ0) is 13.5. The number of anilines is 2. The molecule has 0 bridgehead atoms. The number of nitrogens with zero attached hydrogens (tertiary/aromatic N) is 3. The van der Waals surface area contributed by atoms with Crippen molar-refractivity contribution in [2.75, 3.05) is 37.4 Å². The number of carboxylic acid groups (broad SMARTS) is 1. The van der Waals surface area contributed by atoms with Crippen molar-refractivity contribution in [2.24, 2.45) is 0 Å². The number of hydrogen-bond donors (Lipinski definition) is 3. The molecule has 0 aliphatic rings. The molecule has 18 heavy (non-hydrogen) atoms. The number of aliphatic carboxylic acids is 1. The first-order valence-electron chi connectivity index (χ1n) is 5.22. The Kier molecular flexibility index (Phi) is 4.85. The highest BCUT2D eigenvalue weighted by Gasteiger charge is 2.05. The third-order valence-corrected chi connectivity index (χ3v) is 1.91. The van der Waals surface area contributed by atoms with Crippen molar-refractivity contribution in [3.63, 3.8) is 0 Å². The number of aromatic nitrogens is 2. The van der Waals surface area contributed by atoms with Crippen LogP contribution in [0.2, 0.25) is 0 Å². The molecule has 98 valence electrons. The first-order chi connectivity index (χ1) is 8.49. The number of nitrogens with one attached hydrogen (secondary N) is 2. The molecule has 1 amide bonds. The summed E-state index contributed by atoms with van der Waals surface area (Å²) in [6.07, 6.45) is 1.57. The first-order valence-corrected chi connectivity index (χ1v) is 5.22. The van der Waals surface area contributed by atoms with E-state index in [1.54, 1.807) is 31.3 Å². The summed E-state index contributed by atoms with van der Waals surface area (Å²) in [5.74, 6) is -0.479. The number of carboxylic acids is 1. The lowest BCUT2D eigenvalue weighted by atomic mass is 10.5. The van der Waals surface area contributed by atoms with Crippen molar-refractivity contribution in [1.82, 2.24) is 15.3 Å². The second kappa shape index (κ2) is 6.38. The van der Waals surface area contributed by atoms with Gasteiger partial charge in [-0.15, -0.1) is 0 Å². The smallest absolute Gasteiger partial charge is 0.322 e. The lowest BCUT2D eigenvalue weighted by Gasteiger charge is -2.11. The summed E-state index contributed by atoms with van der Waals surface area (Å²) in [6.45, 7) is -0.440. The molecule has 0 aliphatic heterocycles. The van der Waals surface area contributed by atoms with Gasteiger partial charge in [-0.3, -0.25) is 9.59 Å². The second-order valence-electron chi connectivity index (χ2n) is 3.66. The van der Waals surface area contributed by atoms with E-state index in [4.69, 9.17) is 5.11 Å². The Morgan fingerprint density at radius 1 is 1.39 bits per heavy atom. The van der Waals surface area contributed by atoms with Gasteiger partial charge < -0.3 is 20.6 Å². The maximum Gasteiger partial charge on any atom is 0.322 e. The zero-order valence-corrected chi connectivity index (χ0v) is 10.2. The molecule has 0 aromatic carbocycles. The van der Waals surface area contributed by atoms with Crippen molar-refractivity contribution < 1.29 is 14.7 Å². The molecule has 8 heteroatoms. The Morgan fingerprint density at radius 3 is 2.72 bits per heavy atom. The van der Waals surface area contributed by atoms with Crippen molar-refractivity contribution in [3.8, 4) is 0 Å². The van der Waals surface area contributed by atoms with Gasteiger partial charge in [0.1, 0.15) is 12.4 Å². The molecule has 0 radical (unpaired) electrons. The third-order valence-electron chi connectivity index (χ3n) is 1.91. The van der Waals surface area contributed by atoms with E-state index in [0.717, 1.165) is 0 Å². The average Bonchev–Trinajstić information content (AvgIpc) is 2.34. The van der Waals surface area contributed by atoms with Gasteiger partial charge >= 0.3 is 5.97 Å². The van der Waals surface area contributed by atoms with Crippen LogP contribution in [0.4, 0.5) is 11.8 Å². The highest BCUT2D eigenvalue weighted by atomic mass is 16.4. The average molecular weight is 253 g/mol. The van der Waals surface area contributed by atoms with E-state index in [9.17, 15) is 9.59 Å². The number of hydrogen-bond acceptors (Lipinski definition) is 6. The van der Waals surface area contributed by atoms with Gasteiger partial charge in [-0.05, 0) is 6.07 Å². The quantitative estimate of drug-likeness (QED) is 0.606. The largest absolute Gasteiger partial charge is 0.480 e. The van der Waals surface area contributed by atoms with E-state index < -0.39 is 18.4 Å². The van der Waals surface area contributed by atoms with Gasteiger partial charge in [0, 0.05) is 20.3 Å². The van der Waals surface area contributed by atoms with Crippen LogP contribution in [0.15, 0.2) is 12.3 Å². The van der Waals surface area contributed by atoms with Crippen LogP contribution in [0.5, 0.6) is 0 Å². The van der Waals surface area contributed by atoms with Crippen LogP contribution in [-0.2, 0) is 9.59 Å². The molecular formula is C10H15N5O3. The molecule has 0 unspecified atom stereocenters. The lowest BCUT2D eigenvalue weighted by Crippen LogP contribution is -2.34. The maximum absolute atomic E-state index is 11.2. The van der Waals surface area contributed by atoms with Crippen molar-refractivity contribution in [1.29, 1.82) is 0 Å². The van der Waals surface area contributed by atoms with Crippen LogP contribution >= 0.6 is 0 Å². The van der Waals surface area contributed by atoms with Gasteiger partial charge in [-0.25, -0.2) is 4.98 Å². The van der Waals surface area contributed by atoms with Crippen LogP contribution < -0.4 is 15.5 Å². The minimum Gasteiger partial charge on any atom is -0.480 e. The van der Waals surface area contributed by atoms with Gasteiger partial charge in [0.15, 0.2) is 0 Å². The summed E-state index contributed by atoms with van der Waals surface area (Å²) in [7, 11) is 3.61. The van der Waals surface area contributed by atoms with Crippen LogP contribution in [0, 0.1) is 0 Å². The first kappa shape index (κ1) is 13.7. The van der Waals surface area contributed by atoms with Gasteiger partial charge in [-0.1, -0.05) is 0 Å². The monoisotopic (exact) mass is 253 g/mol. The number of rotatable bonds is 6. The van der Waals surface area contributed by atoms with Crippen LogP contribution in [-0.4, -0.2) is 54.1 Å². The van der Waals surface area contributed by atoms with E-state index in [0.29, 0.717) is 11.8 Å². The fourth-order valence-electron chi connectivity index (χ4n) is 1.07. The number of carbonyl (C=O) groups is 2. The van der Waals surface area contributed by atoms with E-state index in [2.05, 4.69) is 20.6 Å². The summed E-state index contributed by atoms with van der Waals surface area (Å²) >= 11 is 0. The molecule has 0 atom stereocenters. The highest BCUT2D eigenvalue weighted by molar-refractivity contribution is 5.84. The van der Waals surface area contributed by atoms with E-state index in [-0.39, 0.29) is 6.54 Å². The molecular weight excluding hydrogens is 238 g/mol. The molecule has 0 spiro atoms. The normalized spacial score (nSPS) is 9.67. The molecule has 0 fully saturated rings. The van der Waals surface area contributed by atoms with Crippen LogP contribution in [0.25, 0.3) is 0 Å². The van der Waals surface area contributed by atoms with Crippen molar-refractivity contribution in [2.45, 2.75) is 0 Å². The van der Waals surface area contributed by atoms with Gasteiger partial charge in [0.2, 0.25) is 11.9 Å². The minimum atomic E-state index is -1.08. The summed E-state index contributed by atoms with van der Waals surface area (Å²) in [5, 5.41) is 13.4. The molecule has 1 aromatic heterocycles. The molecule has 1 aromatic rings. The Balaban J connectivity index is 2.45. The van der Waals surface area contributed by atoms with Gasteiger partial charge in [-0.2, -0.15) is 4.98 Å². The van der Waals surface area contributed by atoms with E-state index >= 15 is 0 Å². The fourth-order valence-corrected chi connectivity index (χ4v) is 1.07. The zero-order valence-electron chi connectivity index (χ0n) is 10.2. The number of amides is 1. The van der Waals surface area contributed by atoms with Gasteiger partial charge in [0.25, 0.3) is 0 Å². The summed E-state index contributed by atoms with van der Waals surface area (Å²) in [6, 6.07) is 1.62. The van der Waals surface area contributed by atoms with Gasteiger partial charge in [0.05, 0.1) is 6.54 Å². The Labute approximate surface area is 104 Å². The van der Waals surface area contributed by atoms with E-state index in [1.807, 2.05) is 0 Å². The SMILES string of the molecule is CN(C)c1nccc(NCC(=O)NCC(=O)O)n1. The Morgan fingerprint density at radius 2 is 2.11 bits per heavy atom. The Bertz CT molecular complexity index is 435. The summed E-state index contributed by atoms with van der Waals surface area (Å²) in [4.78, 5) is 31.4. The molecule has 8 nitrogen and oxygen atoms in total. The summed E-state index contributed by atoms with van der Waals surface area (Å²) < 4.78 is 0. The minimum absolute atomic E-state index is 0.0445. The standard InChI is InChI=1S/C10H15N5O3/c1-15(2)10-11-4-3-7(14-10)12-5-8(16)13-6-9(17)18/h3-4H,5-6H2,1-2H3,(H,13,16)(H,17,18)(H,11,12,14). The molecule has 0 saturated carbocycles. The van der Waals surface area contributed by atoms with Crippen LogP contribution in [0.3, 0.4) is 0 Å².